The molecule has 0 aromatic rings. The number of carbonyl (C=O) groups is 1. The van der Waals surface area contributed by atoms with Crippen molar-refractivity contribution in [1.82, 2.24) is 10.2 Å². The van der Waals surface area contributed by atoms with Crippen LogP contribution in [-0.4, -0.2) is 54.5 Å². The van der Waals surface area contributed by atoms with Crippen molar-refractivity contribution in [3.63, 3.8) is 0 Å². The molecule has 0 aliphatic carbocycles. The summed E-state index contributed by atoms with van der Waals surface area (Å²) in [5.74, 6) is 0.123. The number of nitrogens with one attached hydrogen (secondary N) is 1. The predicted octanol–water partition coefficient (Wildman–Crippen LogP) is 1.21. The molecule has 0 aromatic carbocycles. The second kappa shape index (κ2) is 7.59. The molecule has 1 heterocycles. The van der Waals surface area contributed by atoms with Gasteiger partial charge in [-0.15, -0.1) is 0 Å². The van der Waals surface area contributed by atoms with E-state index in [0.29, 0.717) is 19.7 Å². The van der Waals surface area contributed by atoms with Crippen molar-refractivity contribution in [2.45, 2.75) is 45.8 Å². The summed E-state index contributed by atoms with van der Waals surface area (Å²) in [4.78, 5) is 13.5. The van der Waals surface area contributed by atoms with E-state index < -0.39 is 6.10 Å². The Labute approximate surface area is 109 Å². The minimum absolute atomic E-state index is 0.123. The molecule has 106 valence electrons. The predicted molar refractivity (Wildman–Crippen MR) is 70.5 cm³/mol. The van der Waals surface area contributed by atoms with Crippen molar-refractivity contribution in [3.05, 3.63) is 0 Å². The highest BCUT2D eigenvalue weighted by Gasteiger charge is 2.32. The number of carbonyl (C=O) groups excluding carboxylic acids is 1. The molecule has 5 heteroatoms. The van der Waals surface area contributed by atoms with E-state index in [0.717, 1.165) is 19.4 Å². The lowest BCUT2D eigenvalue weighted by molar-refractivity contribution is 0.0379. The van der Waals surface area contributed by atoms with E-state index in [1.165, 1.54) is 0 Å². The van der Waals surface area contributed by atoms with E-state index in [4.69, 9.17) is 4.74 Å². The van der Waals surface area contributed by atoms with Gasteiger partial charge in [0.05, 0.1) is 12.7 Å². The van der Waals surface area contributed by atoms with Crippen molar-refractivity contribution >= 4 is 6.09 Å². The zero-order chi connectivity index (χ0) is 13.5. The minimum Gasteiger partial charge on any atom is -0.450 e. The third-order valence-electron chi connectivity index (χ3n) is 3.37. The quantitative estimate of drug-likeness (QED) is 0.778. The van der Waals surface area contributed by atoms with Crippen molar-refractivity contribution in [3.8, 4) is 0 Å². The number of aliphatic hydroxyl groups is 1. The fraction of sp³-hybridized carbons (Fsp3) is 0.923. The molecule has 3 unspecified atom stereocenters. The van der Waals surface area contributed by atoms with Crippen LogP contribution in [0.1, 0.15) is 33.6 Å². The van der Waals surface area contributed by atoms with Crippen LogP contribution in [0.15, 0.2) is 0 Å². The van der Waals surface area contributed by atoms with E-state index >= 15 is 0 Å². The Kier molecular flexibility index (Phi) is 6.43. The molecule has 3 atom stereocenters. The molecule has 1 amide bonds. The van der Waals surface area contributed by atoms with E-state index in [1.807, 2.05) is 0 Å². The molecule has 1 aliphatic rings. The summed E-state index contributed by atoms with van der Waals surface area (Å²) in [6.07, 6.45) is 1.31. The molecular formula is C13H26N2O3. The molecule has 5 nitrogen and oxygen atoms in total. The first kappa shape index (κ1) is 15.2. The summed E-state index contributed by atoms with van der Waals surface area (Å²) in [7, 11) is 0. The number of aliphatic hydroxyl groups excluding tert-OH is 1. The van der Waals surface area contributed by atoms with E-state index in [1.54, 1.807) is 18.7 Å². The van der Waals surface area contributed by atoms with Gasteiger partial charge in [-0.05, 0) is 33.2 Å². The maximum Gasteiger partial charge on any atom is 0.409 e. The molecule has 1 fully saturated rings. The molecule has 0 bridgehead atoms. The summed E-state index contributed by atoms with van der Waals surface area (Å²) >= 11 is 0. The van der Waals surface area contributed by atoms with Crippen LogP contribution in [0, 0.1) is 5.92 Å². The maximum atomic E-state index is 11.8. The van der Waals surface area contributed by atoms with Gasteiger partial charge in [0.2, 0.25) is 0 Å². The van der Waals surface area contributed by atoms with Gasteiger partial charge in [-0.1, -0.05) is 6.92 Å². The van der Waals surface area contributed by atoms with Crippen LogP contribution in [-0.2, 0) is 4.74 Å². The number of piperidine rings is 1. The van der Waals surface area contributed by atoms with Crippen LogP contribution < -0.4 is 5.32 Å². The van der Waals surface area contributed by atoms with Crippen LogP contribution >= 0.6 is 0 Å². The first-order valence-corrected chi connectivity index (χ1v) is 6.91. The summed E-state index contributed by atoms with van der Waals surface area (Å²) in [6.45, 7) is 8.29. The fourth-order valence-corrected chi connectivity index (χ4v) is 2.35. The highest BCUT2D eigenvalue weighted by molar-refractivity contribution is 5.67. The zero-order valence-electron chi connectivity index (χ0n) is 11.7. The molecular weight excluding hydrogens is 232 g/mol. The van der Waals surface area contributed by atoms with Gasteiger partial charge in [0.1, 0.15) is 0 Å². The molecule has 1 saturated heterocycles. The lowest BCUT2D eigenvalue weighted by Crippen LogP contribution is -2.53. The Bertz CT molecular complexity index is 259. The van der Waals surface area contributed by atoms with E-state index in [9.17, 15) is 9.90 Å². The van der Waals surface area contributed by atoms with Crippen molar-refractivity contribution in [2.75, 3.05) is 26.2 Å². The Balaban J connectivity index is 2.58. The highest BCUT2D eigenvalue weighted by atomic mass is 16.6. The fourth-order valence-electron chi connectivity index (χ4n) is 2.35. The SMILES string of the molecule is CCCNC1CC(C(C)O)CN(C(=O)OCC)C1. The highest BCUT2D eigenvalue weighted by Crippen LogP contribution is 2.21. The van der Waals surface area contributed by atoms with Gasteiger partial charge in [-0.2, -0.15) is 0 Å². The van der Waals surface area contributed by atoms with Gasteiger partial charge in [0, 0.05) is 25.0 Å². The molecule has 1 aliphatic heterocycles. The van der Waals surface area contributed by atoms with Crippen LogP contribution in [0.3, 0.4) is 0 Å². The third-order valence-corrected chi connectivity index (χ3v) is 3.37. The molecule has 18 heavy (non-hydrogen) atoms. The summed E-state index contributed by atoms with van der Waals surface area (Å²) in [5, 5.41) is 13.2. The number of ether oxygens (including phenoxy) is 1. The number of likely N-dealkylation sites (tertiary alicyclic amines) is 1. The molecule has 1 rings (SSSR count). The third kappa shape index (κ3) is 4.46. The van der Waals surface area contributed by atoms with Crippen molar-refractivity contribution in [1.29, 1.82) is 0 Å². The van der Waals surface area contributed by atoms with Crippen LogP contribution in [0.2, 0.25) is 0 Å². The average Bonchev–Trinajstić information content (AvgIpc) is 2.36. The standard InChI is InChI=1S/C13H26N2O3/c1-4-6-14-12-7-11(10(3)16)8-15(9-12)13(17)18-5-2/h10-12,14,16H,4-9H2,1-3H3. The van der Waals surface area contributed by atoms with E-state index in [2.05, 4.69) is 12.2 Å². The number of amides is 1. The van der Waals surface area contributed by atoms with Crippen molar-refractivity contribution < 1.29 is 14.6 Å². The van der Waals surface area contributed by atoms with Crippen LogP contribution in [0.5, 0.6) is 0 Å². The first-order valence-electron chi connectivity index (χ1n) is 6.91. The topological polar surface area (TPSA) is 61.8 Å². The van der Waals surface area contributed by atoms with Gasteiger partial charge < -0.3 is 20.1 Å². The van der Waals surface area contributed by atoms with Gasteiger partial charge in [0.15, 0.2) is 0 Å². The van der Waals surface area contributed by atoms with Gasteiger partial charge in [0.25, 0.3) is 0 Å². The Hall–Kier alpha value is -0.810. The van der Waals surface area contributed by atoms with Crippen LogP contribution in [0.4, 0.5) is 4.79 Å². The summed E-state index contributed by atoms with van der Waals surface area (Å²) in [6, 6.07) is 0.253. The van der Waals surface area contributed by atoms with Gasteiger partial charge >= 0.3 is 6.09 Å². The Morgan fingerprint density at radius 3 is 2.78 bits per heavy atom. The molecule has 2 N–H and O–H groups in total. The number of hydrogen-bond donors (Lipinski definition) is 2. The smallest absolute Gasteiger partial charge is 0.409 e. The first-order chi connectivity index (χ1) is 8.58. The Morgan fingerprint density at radius 1 is 1.50 bits per heavy atom. The molecule has 0 aromatic heterocycles. The van der Waals surface area contributed by atoms with Crippen molar-refractivity contribution in [2.24, 2.45) is 5.92 Å². The lowest BCUT2D eigenvalue weighted by Gasteiger charge is -2.38. The summed E-state index contributed by atoms with van der Waals surface area (Å²) in [5.41, 5.74) is 0. The largest absolute Gasteiger partial charge is 0.450 e. The Morgan fingerprint density at radius 2 is 2.22 bits per heavy atom. The number of nitrogens with zero attached hydrogens (tertiary/aromatic N) is 1. The molecule has 0 radical (unpaired) electrons. The average molecular weight is 258 g/mol. The normalized spacial score (nSPS) is 25.9. The minimum atomic E-state index is -0.395. The summed E-state index contributed by atoms with van der Waals surface area (Å²) < 4.78 is 5.04. The van der Waals surface area contributed by atoms with E-state index in [-0.39, 0.29) is 18.1 Å². The second-order valence-electron chi connectivity index (χ2n) is 4.99. The number of rotatable bonds is 5. The molecule has 0 spiro atoms. The maximum absolute atomic E-state index is 11.8. The second-order valence-corrected chi connectivity index (χ2v) is 4.99. The monoisotopic (exact) mass is 258 g/mol. The zero-order valence-corrected chi connectivity index (χ0v) is 11.7. The van der Waals surface area contributed by atoms with Gasteiger partial charge in [-0.3, -0.25) is 0 Å². The van der Waals surface area contributed by atoms with Gasteiger partial charge in [-0.25, -0.2) is 4.79 Å². The number of hydrogen-bond acceptors (Lipinski definition) is 4. The lowest BCUT2D eigenvalue weighted by atomic mass is 9.90. The van der Waals surface area contributed by atoms with Crippen LogP contribution in [0.25, 0.3) is 0 Å². The molecule has 0 saturated carbocycles.